The van der Waals surface area contributed by atoms with Gasteiger partial charge in [0.2, 0.25) is 10.9 Å². The van der Waals surface area contributed by atoms with Gasteiger partial charge in [0, 0.05) is 11.5 Å². The zero-order valence-electron chi connectivity index (χ0n) is 12.1. The number of hydrogen-bond acceptors (Lipinski definition) is 8. The molecule has 0 spiro atoms. The minimum Gasteiger partial charge on any atom is -0.485 e. The molecule has 23 heavy (non-hydrogen) atoms. The SMILES string of the molecule is COc1nsc(OC)c1C(=O)ON1C(=O)c2ccccc2C1=O. The van der Waals surface area contributed by atoms with Crippen LogP contribution in [0.25, 0.3) is 0 Å². The molecule has 0 N–H and O–H groups in total. The molecule has 8 nitrogen and oxygen atoms in total. The predicted octanol–water partition coefficient (Wildman–Crippen LogP) is 1.53. The van der Waals surface area contributed by atoms with E-state index in [9.17, 15) is 14.4 Å². The Labute approximate surface area is 134 Å². The monoisotopic (exact) mass is 334 g/mol. The van der Waals surface area contributed by atoms with Crippen molar-refractivity contribution in [1.82, 2.24) is 9.44 Å². The normalized spacial score (nSPS) is 13.0. The van der Waals surface area contributed by atoms with Crippen LogP contribution in [0.2, 0.25) is 0 Å². The summed E-state index contributed by atoms with van der Waals surface area (Å²) in [6, 6.07) is 6.20. The minimum atomic E-state index is -0.970. The van der Waals surface area contributed by atoms with Crippen LogP contribution in [0.1, 0.15) is 31.1 Å². The van der Waals surface area contributed by atoms with E-state index in [2.05, 4.69) is 4.37 Å². The Morgan fingerprint density at radius 3 is 2.22 bits per heavy atom. The highest BCUT2D eigenvalue weighted by Gasteiger charge is 2.40. The summed E-state index contributed by atoms with van der Waals surface area (Å²) in [5, 5.41) is 0.576. The second-order valence-corrected chi connectivity index (χ2v) is 5.12. The molecule has 2 amide bonds. The number of aromatic nitrogens is 1. The van der Waals surface area contributed by atoms with Gasteiger partial charge in [0.25, 0.3) is 11.8 Å². The van der Waals surface area contributed by atoms with Crippen LogP contribution in [0.5, 0.6) is 10.9 Å². The van der Waals surface area contributed by atoms with E-state index in [4.69, 9.17) is 14.3 Å². The van der Waals surface area contributed by atoms with E-state index >= 15 is 0 Å². The molecular weight excluding hydrogens is 324 g/mol. The van der Waals surface area contributed by atoms with Crippen LogP contribution in [0, 0.1) is 0 Å². The maximum atomic E-state index is 12.3. The number of carbonyl (C=O) groups is 3. The van der Waals surface area contributed by atoms with Gasteiger partial charge in [-0.1, -0.05) is 17.2 Å². The van der Waals surface area contributed by atoms with Gasteiger partial charge in [-0.3, -0.25) is 9.59 Å². The summed E-state index contributed by atoms with van der Waals surface area (Å²) in [6.45, 7) is 0. The summed E-state index contributed by atoms with van der Waals surface area (Å²) in [5.74, 6) is -2.39. The Balaban J connectivity index is 1.89. The Bertz CT molecular complexity index is 759. The van der Waals surface area contributed by atoms with E-state index in [-0.39, 0.29) is 27.6 Å². The molecule has 2 aromatic rings. The fourth-order valence-corrected chi connectivity index (χ4v) is 2.76. The summed E-state index contributed by atoms with van der Waals surface area (Å²) < 4.78 is 13.9. The van der Waals surface area contributed by atoms with E-state index in [0.29, 0.717) is 5.06 Å². The summed E-state index contributed by atoms with van der Waals surface area (Å²) in [5.41, 5.74) is 0.261. The largest absolute Gasteiger partial charge is 0.485 e. The van der Waals surface area contributed by atoms with Gasteiger partial charge in [-0.2, -0.15) is 4.37 Å². The molecular formula is C14H10N2O6S. The molecule has 0 fully saturated rings. The van der Waals surface area contributed by atoms with Crippen LogP contribution in [0.4, 0.5) is 0 Å². The predicted molar refractivity (Wildman–Crippen MR) is 77.6 cm³/mol. The number of methoxy groups -OCH3 is 2. The number of hydrogen-bond donors (Lipinski definition) is 0. The van der Waals surface area contributed by atoms with Gasteiger partial charge in [-0.25, -0.2) is 4.79 Å². The van der Waals surface area contributed by atoms with Crippen molar-refractivity contribution in [2.24, 2.45) is 0 Å². The Hall–Kier alpha value is -2.94. The lowest BCUT2D eigenvalue weighted by atomic mass is 10.1. The van der Waals surface area contributed by atoms with Crippen molar-refractivity contribution in [3.05, 3.63) is 41.0 Å². The molecule has 1 aliphatic heterocycles. The van der Waals surface area contributed by atoms with Crippen LogP contribution in [0.3, 0.4) is 0 Å². The van der Waals surface area contributed by atoms with Gasteiger partial charge >= 0.3 is 5.97 Å². The fourth-order valence-electron chi connectivity index (χ4n) is 2.09. The number of benzene rings is 1. The molecule has 9 heteroatoms. The second kappa shape index (κ2) is 5.69. The van der Waals surface area contributed by atoms with Crippen molar-refractivity contribution < 1.29 is 28.7 Å². The molecule has 3 rings (SSSR count). The average molecular weight is 334 g/mol. The zero-order valence-corrected chi connectivity index (χ0v) is 12.9. The van der Waals surface area contributed by atoms with Gasteiger partial charge in [0.05, 0.1) is 25.3 Å². The van der Waals surface area contributed by atoms with Crippen molar-refractivity contribution >= 4 is 29.3 Å². The summed E-state index contributed by atoms with van der Waals surface area (Å²) in [7, 11) is 2.68. The molecule has 0 saturated carbocycles. The lowest BCUT2D eigenvalue weighted by Crippen LogP contribution is -2.32. The average Bonchev–Trinajstić information content (AvgIpc) is 3.10. The maximum Gasteiger partial charge on any atom is 0.374 e. The molecule has 1 aliphatic rings. The summed E-state index contributed by atoms with van der Waals surface area (Å²) >= 11 is 0.889. The number of ether oxygens (including phenoxy) is 2. The third-order valence-corrected chi connectivity index (χ3v) is 3.94. The number of rotatable bonds is 4. The van der Waals surface area contributed by atoms with Gasteiger partial charge < -0.3 is 14.3 Å². The van der Waals surface area contributed by atoms with Crippen molar-refractivity contribution in [3.63, 3.8) is 0 Å². The van der Waals surface area contributed by atoms with Crippen molar-refractivity contribution in [2.75, 3.05) is 14.2 Å². The number of nitrogens with zero attached hydrogens (tertiary/aromatic N) is 2. The van der Waals surface area contributed by atoms with E-state index in [1.807, 2.05) is 0 Å². The highest BCUT2D eigenvalue weighted by Crippen LogP contribution is 2.34. The van der Waals surface area contributed by atoms with Gasteiger partial charge in [0.15, 0.2) is 5.56 Å². The topological polar surface area (TPSA) is 95.0 Å². The highest BCUT2D eigenvalue weighted by molar-refractivity contribution is 7.08. The van der Waals surface area contributed by atoms with Crippen molar-refractivity contribution in [1.29, 1.82) is 0 Å². The van der Waals surface area contributed by atoms with E-state index in [1.165, 1.54) is 26.4 Å². The van der Waals surface area contributed by atoms with Crippen LogP contribution < -0.4 is 9.47 Å². The molecule has 0 atom stereocenters. The first kappa shape index (κ1) is 15.0. The third-order valence-electron chi connectivity index (χ3n) is 3.14. The van der Waals surface area contributed by atoms with Gasteiger partial charge in [0.1, 0.15) is 0 Å². The first-order chi connectivity index (χ1) is 11.1. The molecule has 2 heterocycles. The number of carbonyl (C=O) groups excluding carboxylic acids is 3. The fraction of sp³-hybridized carbons (Fsp3) is 0.143. The number of imide groups is 1. The second-order valence-electron chi connectivity index (χ2n) is 4.39. The standard InChI is InChI=1S/C14H10N2O6S/c1-20-10-9(14(21-2)23-15-10)13(19)22-16-11(17)7-5-3-4-6-8(7)12(16)18/h3-6H,1-2H3. The summed E-state index contributed by atoms with van der Waals surface area (Å²) in [4.78, 5) is 41.6. The van der Waals surface area contributed by atoms with Crippen molar-refractivity contribution in [2.45, 2.75) is 0 Å². The van der Waals surface area contributed by atoms with Crippen LogP contribution in [0.15, 0.2) is 24.3 Å². The molecule has 0 saturated heterocycles. The Morgan fingerprint density at radius 1 is 1.09 bits per heavy atom. The van der Waals surface area contributed by atoms with E-state index in [1.54, 1.807) is 12.1 Å². The maximum absolute atomic E-state index is 12.3. The highest BCUT2D eigenvalue weighted by atomic mass is 32.1. The van der Waals surface area contributed by atoms with Crippen LogP contribution in [-0.4, -0.2) is 41.4 Å². The van der Waals surface area contributed by atoms with Crippen LogP contribution >= 0.6 is 11.5 Å². The number of fused-ring (bicyclic) bond motifs is 1. The van der Waals surface area contributed by atoms with Crippen LogP contribution in [-0.2, 0) is 4.84 Å². The molecule has 0 aliphatic carbocycles. The molecule has 0 bridgehead atoms. The Morgan fingerprint density at radius 2 is 1.70 bits per heavy atom. The van der Waals surface area contributed by atoms with Gasteiger partial charge in [-0.05, 0) is 12.1 Å². The van der Waals surface area contributed by atoms with E-state index in [0.717, 1.165) is 11.5 Å². The zero-order chi connectivity index (χ0) is 16.6. The van der Waals surface area contributed by atoms with Gasteiger partial charge in [-0.15, -0.1) is 0 Å². The van der Waals surface area contributed by atoms with E-state index < -0.39 is 17.8 Å². The smallest absolute Gasteiger partial charge is 0.374 e. The number of hydroxylamine groups is 2. The molecule has 1 aromatic carbocycles. The summed E-state index contributed by atoms with van der Waals surface area (Å²) in [6.07, 6.45) is 0. The Kier molecular flexibility index (Phi) is 3.70. The molecule has 118 valence electrons. The van der Waals surface area contributed by atoms with Crippen molar-refractivity contribution in [3.8, 4) is 10.9 Å². The number of amides is 2. The quantitative estimate of drug-likeness (QED) is 0.782. The lowest BCUT2D eigenvalue weighted by molar-refractivity contribution is -0.0587. The lowest BCUT2D eigenvalue weighted by Gasteiger charge is -2.12. The minimum absolute atomic E-state index is 0.00606. The molecule has 0 radical (unpaired) electrons. The molecule has 1 aromatic heterocycles. The third kappa shape index (κ3) is 2.30. The first-order valence-electron chi connectivity index (χ1n) is 6.36. The first-order valence-corrected chi connectivity index (χ1v) is 7.13. The molecule has 0 unspecified atom stereocenters.